The number of para-hydroxylation sites is 1. The van der Waals surface area contributed by atoms with Crippen molar-refractivity contribution in [2.24, 2.45) is 0 Å². The number of aromatic nitrogens is 1. The molecule has 1 aliphatic rings. The first-order valence-electron chi connectivity index (χ1n) is 12.3. The Labute approximate surface area is 238 Å². The van der Waals surface area contributed by atoms with Crippen LogP contribution in [0.1, 0.15) is 10.4 Å². The predicted molar refractivity (Wildman–Crippen MR) is 158 cm³/mol. The highest BCUT2D eigenvalue weighted by atomic mass is 35.5. The molecule has 1 fully saturated rings. The Morgan fingerprint density at radius 3 is 2.33 bits per heavy atom. The van der Waals surface area contributed by atoms with E-state index in [-0.39, 0.29) is 23.2 Å². The molecule has 0 spiro atoms. The fourth-order valence-electron chi connectivity index (χ4n) is 4.25. The number of carbonyl (C=O) groups excluding carboxylic acids is 1. The summed E-state index contributed by atoms with van der Waals surface area (Å²) >= 11 is 1.73. The van der Waals surface area contributed by atoms with Gasteiger partial charge in [-0.3, -0.25) is 14.4 Å². The van der Waals surface area contributed by atoms with Crippen molar-refractivity contribution >= 4 is 60.7 Å². The number of fused-ring (bicyclic) bond motifs is 1. The second-order valence-corrected chi connectivity index (χ2v) is 11.6. The Balaban J connectivity index is 0.00000353. The van der Waals surface area contributed by atoms with Gasteiger partial charge in [0.05, 0.1) is 22.2 Å². The number of thiazole rings is 1. The lowest BCUT2D eigenvalue weighted by Gasteiger charge is -2.34. The summed E-state index contributed by atoms with van der Waals surface area (Å²) in [5, 5.41) is 4.02. The molecule has 0 saturated carbocycles. The van der Waals surface area contributed by atoms with Gasteiger partial charge in [0.15, 0.2) is 5.13 Å². The number of hydrogen-bond donors (Lipinski definition) is 2. The Morgan fingerprint density at radius 2 is 1.67 bits per heavy atom. The number of rotatable bonds is 9. The highest BCUT2D eigenvalue weighted by molar-refractivity contribution is 7.92. The summed E-state index contributed by atoms with van der Waals surface area (Å²) in [6.45, 7) is 4.93. The summed E-state index contributed by atoms with van der Waals surface area (Å²) in [6.07, 6.45) is 0. The molecule has 0 unspecified atom stereocenters. The van der Waals surface area contributed by atoms with Crippen LogP contribution in [0, 0.1) is 0 Å². The third-order valence-electron chi connectivity index (χ3n) is 6.41. The van der Waals surface area contributed by atoms with Crippen molar-refractivity contribution in [3.63, 3.8) is 0 Å². The van der Waals surface area contributed by atoms with Crippen LogP contribution in [0.2, 0.25) is 0 Å². The molecule has 5 rings (SSSR count). The maximum absolute atomic E-state index is 12.6. The zero-order chi connectivity index (χ0) is 26.5. The number of anilines is 2. The van der Waals surface area contributed by atoms with Crippen LogP contribution in [-0.2, 0) is 10.0 Å². The molecule has 1 saturated heterocycles. The SMILES string of the molecule is COc1ccc(S(=O)(=O)Nc2ccc(C(=O)NCCN3CCN(c4nc5ccccc5s4)CC3)cc2)cc1.Cl. The molecule has 0 radical (unpaired) electrons. The summed E-state index contributed by atoms with van der Waals surface area (Å²) in [4.78, 5) is 22.1. The lowest BCUT2D eigenvalue weighted by molar-refractivity contribution is 0.0948. The second-order valence-electron chi connectivity index (χ2n) is 8.91. The van der Waals surface area contributed by atoms with Gasteiger partial charge in [-0.05, 0) is 60.7 Å². The maximum atomic E-state index is 12.6. The maximum Gasteiger partial charge on any atom is 0.261 e. The molecule has 4 aromatic rings. The average Bonchev–Trinajstić information content (AvgIpc) is 3.38. The number of hydrogen-bond acceptors (Lipinski definition) is 8. The first kappa shape index (κ1) is 28.6. The van der Waals surface area contributed by atoms with Crippen LogP contribution in [0.4, 0.5) is 10.8 Å². The van der Waals surface area contributed by atoms with Crippen LogP contribution in [0.15, 0.2) is 77.7 Å². The minimum absolute atomic E-state index is 0. The molecule has 1 amide bonds. The summed E-state index contributed by atoms with van der Waals surface area (Å²) < 4.78 is 34.0. The highest BCUT2D eigenvalue weighted by Crippen LogP contribution is 2.29. The summed E-state index contributed by atoms with van der Waals surface area (Å²) in [5.74, 6) is 0.383. The van der Waals surface area contributed by atoms with E-state index in [1.165, 1.54) is 23.9 Å². The van der Waals surface area contributed by atoms with Gasteiger partial charge in [0, 0.05) is 50.5 Å². The van der Waals surface area contributed by atoms with E-state index < -0.39 is 10.0 Å². The van der Waals surface area contributed by atoms with E-state index in [4.69, 9.17) is 9.72 Å². The molecular weight excluding hydrogens is 558 g/mol. The van der Waals surface area contributed by atoms with Gasteiger partial charge in [-0.15, -0.1) is 12.4 Å². The number of halogens is 1. The molecule has 1 aliphatic heterocycles. The monoisotopic (exact) mass is 587 g/mol. The Morgan fingerprint density at radius 1 is 0.974 bits per heavy atom. The first-order chi connectivity index (χ1) is 18.4. The van der Waals surface area contributed by atoms with E-state index in [2.05, 4.69) is 25.9 Å². The van der Waals surface area contributed by atoms with Gasteiger partial charge >= 0.3 is 0 Å². The van der Waals surface area contributed by atoms with Crippen LogP contribution >= 0.6 is 23.7 Å². The second kappa shape index (κ2) is 12.6. The van der Waals surface area contributed by atoms with Crippen molar-refractivity contribution in [1.29, 1.82) is 0 Å². The van der Waals surface area contributed by atoms with Gasteiger partial charge in [0.2, 0.25) is 0 Å². The summed E-state index contributed by atoms with van der Waals surface area (Å²) in [7, 11) is -2.23. The van der Waals surface area contributed by atoms with Gasteiger partial charge in [-0.25, -0.2) is 13.4 Å². The first-order valence-corrected chi connectivity index (χ1v) is 14.6. The van der Waals surface area contributed by atoms with Crippen molar-refractivity contribution in [2.75, 3.05) is 56.0 Å². The Bertz CT molecular complexity index is 1470. The fraction of sp³-hybridized carbons (Fsp3) is 0.259. The van der Waals surface area contributed by atoms with Gasteiger partial charge in [-0.2, -0.15) is 0 Å². The minimum Gasteiger partial charge on any atom is -0.497 e. The van der Waals surface area contributed by atoms with Crippen molar-refractivity contribution in [3.05, 3.63) is 78.4 Å². The van der Waals surface area contributed by atoms with Gasteiger partial charge in [0.25, 0.3) is 15.9 Å². The number of methoxy groups -OCH3 is 1. The van der Waals surface area contributed by atoms with Gasteiger partial charge in [0.1, 0.15) is 5.75 Å². The zero-order valence-electron chi connectivity index (χ0n) is 21.4. The molecule has 0 aliphatic carbocycles. The molecule has 0 atom stereocenters. The number of benzene rings is 3. The van der Waals surface area contributed by atoms with E-state index in [0.29, 0.717) is 23.5 Å². The van der Waals surface area contributed by atoms with E-state index in [9.17, 15) is 13.2 Å². The van der Waals surface area contributed by atoms with Gasteiger partial charge in [-0.1, -0.05) is 23.5 Å². The minimum atomic E-state index is -3.75. The smallest absolute Gasteiger partial charge is 0.261 e. The fourth-order valence-corrected chi connectivity index (χ4v) is 6.32. The van der Waals surface area contributed by atoms with E-state index in [1.54, 1.807) is 47.7 Å². The third-order valence-corrected chi connectivity index (χ3v) is 8.90. The van der Waals surface area contributed by atoms with Crippen LogP contribution in [0.5, 0.6) is 5.75 Å². The number of sulfonamides is 1. The lowest BCUT2D eigenvalue weighted by atomic mass is 10.2. The van der Waals surface area contributed by atoms with Crippen molar-refractivity contribution in [1.82, 2.24) is 15.2 Å². The molecule has 9 nitrogen and oxygen atoms in total. The predicted octanol–water partition coefficient (Wildman–Crippen LogP) is 4.08. The van der Waals surface area contributed by atoms with Crippen molar-refractivity contribution in [2.45, 2.75) is 4.90 Å². The molecular formula is C27H30ClN5O4S2. The molecule has 206 valence electrons. The molecule has 2 heterocycles. The summed E-state index contributed by atoms with van der Waals surface area (Å²) in [6, 6.07) is 20.7. The number of carbonyl (C=O) groups is 1. The molecule has 39 heavy (non-hydrogen) atoms. The molecule has 0 bridgehead atoms. The lowest BCUT2D eigenvalue weighted by Crippen LogP contribution is -2.48. The highest BCUT2D eigenvalue weighted by Gasteiger charge is 2.20. The molecule has 1 aromatic heterocycles. The third kappa shape index (κ3) is 6.99. The molecule has 3 aromatic carbocycles. The van der Waals surface area contributed by atoms with Crippen LogP contribution in [0.3, 0.4) is 0 Å². The van der Waals surface area contributed by atoms with Gasteiger partial charge < -0.3 is 15.0 Å². The quantitative estimate of drug-likeness (QED) is 0.304. The number of amides is 1. The standard InChI is InChI=1S/C27H29N5O4S2.ClH/c1-36-22-10-12-23(13-11-22)38(34,35)30-21-8-6-20(7-9-21)26(33)28-14-15-31-16-18-32(19-17-31)27-29-24-4-2-3-5-25(24)37-27;/h2-13,30H,14-19H2,1H3,(H,28,33);1H. The van der Waals surface area contributed by atoms with Crippen molar-refractivity contribution < 1.29 is 17.9 Å². The van der Waals surface area contributed by atoms with E-state index in [1.807, 2.05) is 18.2 Å². The largest absolute Gasteiger partial charge is 0.497 e. The van der Waals surface area contributed by atoms with E-state index >= 15 is 0 Å². The average molecular weight is 588 g/mol. The van der Waals surface area contributed by atoms with E-state index in [0.717, 1.165) is 43.4 Å². The molecule has 12 heteroatoms. The number of nitrogens with one attached hydrogen (secondary N) is 2. The van der Waals surface area contributed by atoms with Crippen LogP contribution < -0.4 is 19.7 Å². The Kier molecular flexibility index (Phi) is 9.28. The topological polar surface area (TPSA) is 104 Å². The van der Waals surface area contributed by atoms with Crippen LogP contribution in [0.25, 0.3) is 10.2 Å². The number of nitrogens with zero attached hydrogens (tertiary/aromatic N) is 3. The summed E-state index contributed by atoms with van der Waals surface area (Å²) in [5.41, 5.74) is 1.89. The number of piperazine rings is 1. The normalized spacial score (nSPS) is 14.0. The number of ether oxygens (including phenoxy) is 1. The zero-order valence-corrected chi connectivity index (χ0v) is 23.8. The van der Waals surface area contributed by atoms with Crippen molar-refractivity contribution in [3.8, 4) is 5.75 Å². The van der Waals surface area contributed by atoms with Crippen LogP contribution in [-0.4, -0.2) is 70.6 Å². The Hall–Kier alpha value is -3.38. The molecule has 2 N–H and O–H groups in total.